The number of nitrogens with zero attached hydrogens (tertiary/aromatic N) is 2. The van der Waals surface area contributed by atoms with Crippen molar-refractivity contribution in [2.75, 3.05) is 12.3 Å². The van der Waals surface area contributed by atoms with Gasteiger partial charge in [0.15, 0.2) is 0 Å². The van der Waals surface area contributed by atoms with Crippen molar-refractivity contribution in [2.45, 2.75) is 24.9 Å². The molecule has 1 saturated heterocycles. The maximum Gasteiger partial charge on any atom is 0.490 e. The van der Waals surface area contributed by atoms with Crippen LogP contribution in [0.3, 0.4) is 0 Å². The number of rotatable bonds is 8. The summed E-state index contributed by atoms with van der Waals surface area (Å²) in [6.07, 6.45) is -2.52. The van der Waals surface area contributed by atoms with Crippen LogP contribution in [0.5, 0.6) is 0 Å². The van der Waals surface area contributed by atoms with Gasteiger partial charge in [0.2, 0.25) is 0 Å². The third-order valence-corrected chi connectivity index (χ3v) is 7.68. The highest BCUT2D eigenvalue weighted by atomic mass is 79.9. The van der Waals surface area contributed by atoms with E-state index < -0.39 is 54.2 Å². The van der Waals surface area contributed by atoms with E-state index in [1.54, 1.807) is 0 Å². The molecule has 2 rings (SSSR count). The molecule has 16 nitrogen and oxygen atoms in total. The summed E-state index contributed by atoms with van der Waals surface area (Å²) in [6, 6.07) is 0. The predicted molar refractivity (Wildman–Crippen MR) is 95.0 cm³/mol. The molecule has 0 bridgehead atoms. The summed E-state index contributed by atoms with van der Waals surface area (Å²) in [4.78, 5) is 50.8. The van der Waals surface area contributed by atoms with Gasteiger partial charge in [0.05, 0.1) is 17.2 Å². The van der Waals surface area contributed by atoms with E-state index in [2.05, 4.69) is 34.1 Å². The van der Waals surface area contributed by atoms with Crippen LogP contribution in [-0.4, -0.2) is 53.0 Å². The van der Waals surface area contributed by atoms with Crippen molar-refractivity contribution in [1.82, 2.24) is 9.55 Å². The number of phosphoric ester groups is 1. The second kappa shape index (κ2) is 8.93. The van der Waals surface area contributed by atoms with Gasteiger partial charge in [-0.1, -0.05) is 0 Å². The molecule has 0 radical (unpaired) electrons. The highest BCUT2D eigenvalue weighted by Crippen LogP contribution is 2.66. The van der Waals surface area contributed by atoms with E-state index >= 15 is 0 Å². The zero-order valence-electron chi connectivity index (χ0n) is 13.9. The van der Waals surface area contributed by atoms with E-state index in [1.807, 2.05) is 0 Å². The fourth-order valence-electron chi connectivity index (χ4n) is 2.17. The van der Waals surface area contributed by atoms with Gasteiger partial charge < -0.3 is 35.2 Å². The molecule has 1 fully saturated rings. The minimum absolute atomic E-state index is 0.0750. The molecule has 0 saturated carbocycles. The van der Waals surface area contributed by atoms with E-state index in [-0.39, 0.29) is 16.7 Å². The predicted octanol–water partition coefficient (Wildman–Crippen LogP) is -0.420. The molecule has 2 heterocycles. The van der Waals surface area contributed by atoms with E-state index in [0.29, 0.717) is 0 Å². The Hall–Kier alpha value is -0.510. The molecule has 0 aliphatic carbocycles. The molecule has 0 aromatic carbocycles. The lowest BCUT2D eigenvalue weighted by atomic mass is 10.2. The first-order chi connectivity index (χ1) is 13.1. The van der Waals surface area contributed by atoms with Crippen LogP contribution in [0.15, 0.2) is 15.5 Å². The minimum atomic E-state index is -5.66. The third kappa shape index (κ3) is 7.29. The Balaban J connectivity index is 2.02. The number of ether oxygens (including phenoxy) is 1. The molecule has 0 amide bonds. The van der Waals surface area contributed by atoms with E-state index in [9.17, 15) is 28.5 Å². The van der Waals surface area contributed by atoms with Gasteiger partial charge in [-0.3, -0.25) is 9.09 Å². The number of hydrogen-bond acceptors (Lipinski definition) is 11. The Bertz CT molecular complexity index is 965. The number of aliphatic hydroxyl groups excluding tert-OH is 1. The number of aliphatic hydroxyl groups is 1. The zero-order valence-corrected chi connectivity index (χ0v) is 18.2. The Kier molecular flexibility index (Phi) is 7.62. The summed E-state index contributed by atoms with van der Waals surface area (Å²) >= 11 is 3.07. The van der Waals surface area contributed by atoms with Gasteiger partial charge in [-0.2, -0.15) is 13.6 Å². The second-order valence-corrected chi connectivity index (χ2v) is 10.8. The van der Waals surface area contributed by atoms with Gasteiger partial charge >= 0.3 is 29.2 Å². The first-order valence-electron chi connectivity index (χ1n) is 7.24. The number of aromatic nitrogens is 2. The highest BCUT2D eigenvalue weighted by molar-refractivity contribution is 9.10. The molecule has 20 heteroatoms. The molecule has 1 aliphatic rings. The molecular weight excluding hydrogens is 531 g/mol. The van der Waals surface area contributed by atoms with Crippen molar-refractivity contribution >= 4 is 45.2 Å². The first kappa shape index (κ1) is 24.8. The second-order valence-electron chi connectivity index (χ2n) is 5.48. The normalized spacial score (nSPS) is 26.8. The molecule has 5 atom stereocenters. The molecule has 2 unspecified atom stereocenters. The van der Waals surface area contributed by atoms with E-state index in [4.69, 9.17) is 25.2 Å². The number of halogens is 1. The van der Waals surface area contributed by atoms with Gasteiger partial charge in [0, 0.05) is 12.6 Å². The molecule has 1 aromatic rings. The monoisotopic (exact) mass is 545 g/mol. The Morgan fingerprint density at radius 1 is 1.24 bits per heavy atom. The van der Waals surface area contributed by atoms with Crippen LogP contribution in [0.1, 0.15) is 12.6 Å². The third-order valence-electron chi connectivity index (χ3n) is 3.27. The average molecular weight is 546 g/mol. The summed E-state index contributed by atoms with van der Waals surface area (Å²) in [5.74, 6) is -0.0750. The van der Waals surface area contributed by atoms with Crippen LogP contribution in [0.25, 0.3) is 0 Å². The molecule has 1 aliphatic heterocycles. The molecule has 7 N–H and O–H groups in total. The standard InChI is InChI=1S/C9H15BrN3O13P3/c10-4-2-13(9(15)12-8(4)11)7-1-5(14)6(24-7)3-23-28(19,20)26-29(21,22)25-27(16,17)18/h2,5-7,14H,1,3H2,(H,19,20)(H,21,22)(H2,11,12,15)(H2,16,17,18)/t5-,6+,7+/m0/s1. The quantitative estimate of drug-likeness (QED) is 0.227. The van der Waals surface area contributed by atoms with Crippen molar-refractivity contribution < 1.29 is 56.3 Å². The van der Waals surface area contributed by atoms with Crippen LogP contribution >= 0.6 is 39.4 Å². The smallest absolute Gasteiger partial charge is 0.390 e. The maximum absolute atomic E-state index is 11.9. The summed E-state index contributed by atoms with van der Waals surface area (Å²) in [5, 5.41) is 10.00. The van der Waals surface area contributed by atoms with Crippen LogP contribution in [0.2, 0.25) is 0 Å². The van der Waals surface area contributed by atoms with E-state index in [1.165, 1.54) is 6.20 Å². The number of anilines is 1. The van der Waals surface area contributed by atoms with Crippen LogP contribution < -0.4 is 11.4 Å². The zero-order chi connectivity index (χ0) is 22.2. The summed E-state index contributed by atoms with van der Waals surface area (Å²) in [7, 11) is -16.6. The number of nitrogen functional groups attached to an aromatic ring is 1. The Morgan fingerprint density at radius 2 is 1.86 bits per heavy atom. The summed E-state index contributed by atoms with van der Waals surface area (Å²) in [6.45, 7) is -0.861. The number of hydrogen-bond donors (Lipinski definition) is 6. The Morgan fingerprint density at radius 3 is 2.45 bits per heavy atom. The lowest BCUT2D eigenvalue weighted by molar-refractivity contribution is -0.0450. The average Bonchev–Trinajstić information content (AvgIpc) is 2.86. The van der Waals surface area contributed by atoms with Crippen LogP contribution in [0, 0.1) is 0 Å². The lowest BCUT2D eigenvalue weighted by Crippen LogP contribution is -2.28. The number of phosphoric acid groups is 3. The Labute approximate surface area is 169 Å². The molecular formula is C9H15BrN3O13P3. The van der Waals surface area contributed by atoms with Crippen molar-refractivity contribution in [3.05, 3.63) is 21.2 Å². The fraction of sp³-hybridized carbons (Fsp3) is 0.556. The van der Waals surface area contributed by atoms with Crippen molar-refractivity contribution in [1.29, 1.82) is 0 Å². The molecule has 29 heavy (non-hydrogen) atoms. The molecule has 1 aromatic heterocycles. The molecule has 166 valence electrons. The van der Waals surface area contributed by atoms with Gasteiger partial charge in [-0.15, -0.1) is 0 Å². The van der Waals surface area contributed by atoms with Crippen LogP contribution in [-0.2, 0) is 31.6 Å². The van der Waals surface area contributed by atoms with Gasteiger partial charge in [0.25, 0.3) is 0 Å². The van der Waals surface area contributed by atoms with Crippen molar-refractivity contribution in [3.8, 4) is 0 Å². The summed E-state index contributed by atoms with van der Waals surface area (Å²) in [5.41, 5.74) is 4.68. The van der Waals surface area contributed by atoms with Crippen LogP contribution in [0.4, 0.5) is 5.82 Å². The first-order valence-corrected chi connectivity index (χ1v) is 12.6. The van der Waals surface area contributed by atoms with E-state index in [0.717, 1.165) is 4.57 Å². The maximum atomic E-state index is 11.9. The summed E-state index contributed by atoms with van der Waals surface area (Å²) < 4.78 is 51.6. The van der Waals surface area contributed by atoms with Crippen molar-refractivity contribution in [2.24, 2.45) is 0 Å². The topological polar surface area (TPSA) is 250 Å². The van der Waals surface area contributed by atoms with Crippen molar-refractivity contribution in [3.63, 3.8) is 0 Å². The van der Waals surface area contributed by atoms with Gasteiger partial charge in [0.1, 0.15) is 18.1 Å². The number of nitrogens with two attached hydrogens (primary N) is 1. The SMILES string of the molecule is Nc1nc(=O)n([C@H]2C[C@H](O)[C@@H](COP(=O)(O)OP(=O)(O)OP(=O)(O)O)O2)cc1Br. The highest BCUT2D eigenvalue weighted by Gasteiger charge is 2.43. The van der Waals surface area contributed by atoms with Gasteiger partial charge in [-0.25, -0.2) is 18.5 Å². The molecule has 0 spiro atoms. The lowest BCUT2D eigenvalue weighted by Gasteiger charge is -2.19. The van der Waals surface area contributed by atoms with Gasteiger partial charge in [-0.05, 0) is 15.9 Å². The minimum Gasteiger partial charge on any atom is -0.390 e. The fourth-order valence-corrected chi connectivity index (χ4v) is 5.51. The largest absolute Gasteiger partial charge is 0.490 e.